The van der Waals surface area contributed by atoms with Crippen molar-refractivity contribution in [2.75, 3.05) is 17.7 Å². The van der Waals surface area contributed by atoms with Gasteiger partial charge in [0.1, 0.15) is 11.4 Å². The van der Waals surface area contributed by atoms with Crippen LogP contribution in [0.5, 0.6) is 5.75 Å². The van der Waals surface area contributed by atoms with Crippen molar-refractivity contribution in [2.45, 2.75) is 0 Å². The number of carbonyl (C=O) groups is 1. The van der Waals surface area contributed by atoms with E-state index in [9.17, 15) is 4.79 Å². The molecule has 4 aromatic rings. The maximum absolute atomic E-state index is 12.6. The summed E-state index contributed by atoms with van der Waals surface area (Å²) in [7, 11) is 1.62. The highest BCUT2D eigenvalue weighted by molar-refractivity contribution is 6.07. The summed E-state index contributed by atoms with van der Waals surface area (Å²) in [5.41, 5.74) is 3.37. The van der Waals surface area contributed by atoms with Gasteiger partial charge in [0.2, 0.25) is 0 Å². The number of fused-ring (bicyclic) bond motifs is 1. The third-order valence-corrected chi connectivity index (χ3v) is 4.24. The molecule has 0 aliphatic rings. The molecule has 0 saturated carbocycles. The quantitative estimate of drug-likeness (QED) is 0.535. The normalized spacial score (nSPS) is 10.5. The minimum Gasteiger partial charge on any atom is -0.497 e. The SMILES string of the molecule is COc1cccc(Nc2ccc(C(=O)Nc3cccc4cccnc34)nc2)c1. The molecule has 0 bridgehead atoms. The number of rotatable bonds is 5. The van der Waals surface area contributed by atoms with Gasteiger partial charge in [-0.3, -0.25) is 9.78 Å². The predicted octanol–water partition coefficient (Wildman–Crippen LogP) is 4.63. The van der Waals surface area contributed by atoms with E-state index in [1.807, 2.05) is 60.7 Å². The van der Waals surface area contributed by atoms with Gasteiger partial charge >= 0.3 is 0 Å². The van der Waals surface area contributed by atoms with E-state index >= 15 is 0 Å². The van der Waals surface area contributed by atoms with Crippen molar-refractivity contribution in [1.82, 2.24) is 9.97 Å². The van der Waals surface area contributed by atoms with E-state index in [0.29, 0.717) is 11.4 Å². The molecule has 0 unspecified atom stereocenters. The van der Waals surface area contributed by atoms with Crippen LogP contribution < -0.4 is 15.4 Å². The van der Waals surface area contributed by atoms with Gasteiger partial charge < -0.3 is 15.4 Å². The molecule has 6 heteroatoms. The van der Waals surface area contributed by atoms with E-state index in [-0.39, 0.29) is 5.91 Å². The van der Waals surface area contributed by atoms with Crippen molar-refractivity contribution >= 4 is 33.9 Å². The van der Waals surface area contributed by atoms with Gasteiger partial charge in [-0.2, -0.15) is 0 Å². The van der Waals surface area contributed by atoms with E-state index in [2.05, 4.69) is 20.6 Å². The van der Waals surface area contributed by atoms with E-state index in [1.54, 1.807) is 25.6 Å². The standard InChI is InChI=1S/C22H18N4O2/c1-28-18-8-3-7-16(13-18)25-17-10-11-20(24-14-17)22(27)26-19-9-2-5-15-6-4-12-23-21(15)19/h2-14,25H,1H3,(H,26,27). The number of hydrogen-bond acceptors (Lipinski definition) is 5. The fourth-order valence-corrected chi connectivity index (χ4v) is 2.86. The fraction of sp³-hybridized carbons (Fsp3) is 0.0455. The zero-order valence-corrected chi connectivity index (χ0v) is 15.2. The highest BCUT2D eigenvalue weighted by atomic mass is 16.5. The number of ether oxygens (including phenoxy) is 1. The molecule has 138 valence electrons. The van der Waals surface area contributed by atoms with Gasteiger partial charge in [-0.1, -0.05) is 24.3 Å². The second-order valence-electron chi connectivity index (χ2n) is 6.12. The molecule has 0 spiro atoms. The number of anilines is 3. The monoisotopic (exact) mass is 370 g/mol. The van der Waals surface area contributed by atoms with Gasteiger partial charge in [-0.05, 0) is 36.4 Å². The zero-order valence-electron chi connectivity index (χ0n) is 15.2. The lowest BCUT2D eigenvalue weighted by Gasteiger charge is -2.09. The Morgan fingerprint density at radius 1 is 0.929 bits per heavy atom. The Kier molecular flexibility index (Phi) is 4.84. The largest absolute Gasteiger partial charge is 0.497 e. The highest BCUT2D eigenvalue weighted by Gasteiger charge is 2.10. The molecular weight excluding hydrogens is 352 g/mol. The molecular formula is C22H18N4O2. The van der Waals surface area contributed by atoms with Crippen molar-refractivity contribution in [3.63, 3.8) is 0 Å². The summed E-state index contributed by atoms with van der Waals surface area (Å²) in [6.07, 6.45) is 3.32. The van der Waals surface area contributed by atoms with E-state index in [4.69, 9.17) is 4.74 Å². The van der Waals surface area contributed by atoms with Gasteiger partial charge in [-0.15, -0.1) is 0 Å². The van der Waals surface area contributed by atoms with Crippen LogP contribution in [0.4, 0.5) is 17.1 Å². The zero-order chi connectivity index (χ0) is 19.3. The number of nitrogens with zero attached hydrogens (tertiary/aromatic N) is 2. The van der Waals surface area contributed by atoms with Crippen LogP contribution in [0.1, 0.15) is 10.5 Å². The molecule has 1 amide bonds. The molecule has 2 aromatic heterocycles. The second kappa shape index (κ2) is 7.75. The van der Waals surface area contributed by atoms with Crippen LogP contribution in [-0.2, 0) is 0 Å². The van der Waals surface area contributed by atoms with Crippen molar-refractivity contribution in [1.29, 1.82) is 0 Å². The Hall–Kier alpha value is -3.93. The minimum atomic E-state index is -0.286. The summed E-state index contributed by atoms with van der Waals surface area (Å²) in [6.45, 7) is 0. The van der Waals surface area contributed by atoms with E-state index in [1.165, 1.54) is 0 Å². The first-order chi connectivity index (χ1) is 13.7. The summed E-state index contributed by atoms with van der Waals surface area (Å²) >= 11 is 0. The number of carbonyl (C=O) groups excluding carboxylic acids is 1. The molecule has 28 heavy (non-hydrogen) atoms. The number of amides is 1. The Bertz CT molecular complexity index is 1120. The Labute approximate surface area is 162 Å². The van der Waals surface area contributed by atoms with E-state index in [0.717, 1.165) is 28.0 Å². The lowest BCUT2D eigenvalue weighted by atomic mass is 10.2. The minimum absolute atomic E-state index is 0.286. The molecule has 2 N–H and O–H groups in total. The molecule has 0 saturated heterocycles. The maximum Gasteiger partial charge on any atom is 0.274 e. The number of methoxy groups -OCH3 is 1. The molecule has 0 aliphatic carbocycles. The Balaban J connectivity index is 1.49. The van der Waals surface area contributed by atoms with E-state index < -0.39 is 0 Å². The third kappa shape index (κ3) is 3.76. The molecule has 0 atom stereocenters. The van der Waals surface area contributed by atoms with Crippen molar-refractivity contribution in [3.8, 4) is 5.75 Å². The molecule has 0 aliphatic heterocycles. The molecule has 6 nitrogen and oxygen atoms in total. The second-order valence-corrected chi connectivity index (χ2v) is 6.12. The first-order valence-corrected chi connectivity index (χ1v) is 8.75. The highest BCUT2D eigenvalue weighted by Crippen LogP contribution is 2.22. The van der Waals surface area contributed by atoms with Gasteiger partial charge in [0, 0.05) is 23.3 Å². The summed E-state index contributed by atoms with van der Waals surface area (Å²) in [5.74, 6) is 0.476. The van der Waals surface area contributed by atoms with Gasteiger partial charge in [0.05, 0.1) is 30.2 Å². The lowest BCUT2D eigenvalue weighted by molar-refractivity contribution is 0.102. The first-order valence-electron chi connectivity index (χ1n) is 8.75. The number of pyridine rings is 2. The van der Waals surface area contributed by atoms with Crippen molar-refractivity contribution in [2.24, 2.45) is 0 Å². The average molecular weight is 370 g/mol. The fourth-order valence-electron chi connectivity index (χ4n) is 2.86. The summed E-state index contributed by atoms with van der Waals surface area (Å²) in [4.78, 5) is 21.2. The van der Waals surface area contributed by atoms with Gasteiger partial charge in [0.15, 0.2) is 0 Å². The molecule has 2 heterocycles. The first kappa shape index (κ1) is 17.5. The van der Waals surface area contributed by atoms with Crippen molar-refractivity contribution in [3.05, 3.63) is 84.8 Å². The summed E-state index contributed by atoms with van der Waals surface area (Å²) in [6, 6.07) is 20.5. The topological polar surface area (TPSA) is 76.1 Å². The molecule has 4 rings (SSSR count). The Morgan fingerprint density at radius 3 is 2.61 bits per heavy atom. The smallest absolute Gasteiger partial charge is 0.274 e. The van der Waals surface area contributed by atoms with Crippen LogP contribution in [-0.4, -0.2) is 23.0 Å². The number of nitrogens with one attached hydrogen (secondary N) is 2. The third-order valence-electron chi connectivity index (χ3n) is 4.24. The van der Waals surface area contributed by atoms with Crippen LogP contribution in [0.25, 0.3) is 10.9 Å². The van der Waals surface area contributed by atoms with Crippen LogP contribution in [0, 0.1) is 0 Å². The summed E-state index contributed by atoms with van der Waals surface area (Å²) < 4.78 is 5.22. The number of para-hydroxylation sites is 1. The van der Waals surface area contributed by atoms with Gasteiger partial charge in [0.25, 0.3) is 5.91 Å². The maximum atomic E-state index is 12.6. The van der Waals surface area contributed by atoms with Crippen LogP contribution in [0.2, 0.25) is 0 Å². The van der Waals surface area contributed by atoms with Gasteiger partial charge in [-0.25, -0.2) is 4.98 Å². The van der Waals surface area contributed by atoms with Crippen LogP contribution >= 0.6 is 0 Å². The average Bonchev–Trinajstić information content (AvgIpc) is 2.74. The van der Waals surface area contributed by atoms with Crippen molar-refractivity contribution < 1.29 is 9.53 Å². The molecule has 0 fully saturated rings. The van der Waals surface area contributed by atoms with Crippen LogP contribution in [0.3, 0.4) is 0 Å². The number of benzene rings is 2. The lowest BCUT2D eigenvalue weighted by Crippen LogP contribution is -2.14. The number of aromatic nitrogens is 2. The van der Waals surface area contributed by atoms with Crippen LogP contribution in [0.15, 0.2) is 79.1 Å². The predicted molar refractivity (Wildman–Crippen MR) is 110 cm³/mol. The number of hydrogen-bond donors (Lipinski definition) is 2. The molecule has 0 radical (unpaired) electrons. The summed E-state index contributed by atoms with van der Waals surface area (Å²) in [5, 5.41) is 7.08. The Morgan fingerprint density at radius 2 is 1.79 bits per heavy atom. The molecule has 2 aromatic carbocycles.